The molecule has 0 aliphatic heterocycles. The fourth-order valence-corrected chi connectivity index (χ4v) is 1.50. The van der Waals surface area contributed by atoms with Crippen molar-refractivity contribution in [3.05, 3.63) is 21.1 Å². The second-order valence-electron chi connectivity index (χ2n) is 2.47. The predicted octanol–water partition coefficient (Wildman–Crippen LogP) is 2.60. The van der Waals surface area contributed by atoms with Crippen LogP contribution in [0.3, 0.4) is 0 Å². The van der Waals surface area contributed by atoms with E-state index < -0.39 is 0 Å². The van der Waals surface area contributed by atoms with Crippen molar-refractivity contribution in [1.29, 1.82) is 0 Å². The summed E-state index contributed by atoms with van der Waals surface area (Å²) in [7, 11) is 0. The molecule has 0 aliphatic rings. The average Bonchev–Trinajstić information content (AvgIpc) is 2.18. The molecule has 0 unspecified atom stereocenters. The highest BCUT2D eigenvalue weighted by Gasteiger charge is 2.13. The monoisotopic (exact) mass is 255 g/mol. The van der Waals surface area contributed by atoms with Gasteiger partial charge in [-0.15, -0.1) is 0 Å². The van der Waals surface area contributed by atoms with Gasteiger partial charge in [-0.1, -0.05) is 34.8 Å². The van der Waals surface area contributed by atoms with Gasteiger partial charge in [-0.2, -0.15) is 0 Å². The molecule has 0 atom stereocenters. The lowest BCUT2D eigenvalue weighted by Gasteiger charge is -2.10. The third-order valence-corrected chi connectivity index (χ3v) is 2.69. The van der Waals surface area contributed by atoms with Gasteiger partial charge in [-0.3, -0.25) is 0 Å². The molecule has 1 rings (SSSR count). The van der Waals surface area contributed by atoms with Crippen molar-refractivity contribution in [3.8, 4) is 5.75 Å². The molecular formula is C8H8Cl3NO2. The third kappa shape index (κ3) is 2.36. The van der Waals surface area contributed by atoms with E-state index in [1.54, 1.807) is 0 Å². The number of benzene rings is 1. The summed E-state index contributed by atoms with van der Waals surface area (Å²) in [6.45, 7) is 0.00619. The van der Waals surface area contributed by atoms with E-state index in [-0.39, 0.29) is 34.0 Å². The molecule has 3 nitrogen and oxygen atoms in total. The average molecular weight is 257 g/mol. The van der Waals surface area contributed by atoms with Crippen molar-refractivity contribution in [1.82, 2.24) is 0 Å². The second kappa shape index (κ2) is 4.94. The van der Waals surface area contributed by atoms with Crippen molar-refractivity contribution in [2.24, 2.45) is 0 Å². The molecule has 0 fully saturated rings. The predicted molar refractivity (Wildman–Crippen MR) is 58.5 cm³/mol. The molecule has 1 aromatic carbocycles. The maximum Gasteiger partial charge on any atom is 0.141 e. The van der Waals surface area contributed by atoms with Crippen LogP contribution in [0.15, 0.2) is 6.07 Å². The fourth-order valence-electron chi connectivity index (χ4n) is 0.848. The van der Waals surface area contributed by atoms with Crippen molar-refractivity contribution < 1.29 is 9.84 Å². The first kappa shape index (κ1) is 11.7. The number of hydrogen-bond donors (Lipinski definition) is 2. The van der Waals surface area contributed by atoms with Crippen molar-refractivity contribution in [3.63, 3.8) is 0 Å². The molecule has 0 aromatic heterocycles. The summed E-state index contributed by atoms with van der Waals surface area (Å²) < 4.78 is 5.10. The summed E-state index contributed by atoms with van der Waals surface area (Å²) in [5, 5.41) is 9.18. The lowest BCUT2D eigenvalue weighted by molar-refractivity contribution is 0.201. The Balaban J connectivity index is 3.06. The highest BCUT2D eigenvalue weighted by Crippen LogP contribution is 2.40. The number of anilines is 1. The van der Waals surface area contributed by atoms with Crippen LogP contribution in [-0.4, -0.2) is 18.3 Å². The number of aliphatic hydroxyl groups excluding tert-OH is 1. The lowest BCUT2D eigenvalue weighted by Crippen LogP contribution is -2.03. The normalized spacial score (nSPS) is 10.3. The summed E-state index contributed by atoms with van der Waals surface area (Å²) >= 11 is 17.4. The van der Waals surface area contributed by atoms with E-state index in [2.05, 4.69) is 0 Å². The number of halogens is 3. The zero-order valence-electron chi connectivity index (χ0n) is 7.06. The molecule has 0 spiro atoms. The molecule has 3 N–H and O–H groups in total. The molecule has 0 amide bonds. The fraction of sp³-hybridized carbons (Fsp3) is 0.250. The smallest absolute Gasteiger partial charge is 0.141 e. The molecule has 6 heteroatoms. The molecule has 1 aromatic rings. The van der Waals surface area contributed by atoms with Gasteiger partial charge in [-0.05, 0) is 0 Å². The van der Waals surface area contributed by atoms with Crippen LogP contribution in [0.2, 0.25) is 15.1 Å². The van der Waals surface area contributed by atoms with E-state index in [4.69, 9.17) is 50.4 Å². The molecule has 0 saturated heterocycles. The molecule has 0 radical (unpaired) electrons. The number of hydrogen-bond acceptors (Lipinski definition) is 3. The van der Waals surface area contributed by atoms with Crippen LogP contribution < -0.4 is 10.5 Å². The van der Waals surface area contributed by atoms with E-state index in [1.165, 1.54) is 6.07 Å². The van der Waals surface area contributed by atoms with Gasteiger partial charge in [0, 0.05) is 6.07 Å². The minimum absolute atomic E-state index is 0.115. The first-order valence-corrected chi connectivity index (χ1v) is 4.88. The van der Waals surface area contributed by atoms with Crippen LogP contribution in [0.4, 0.5) is 5.69 Å². The Kier molecular flexibility index (Phi) is 4.13. The van der Waals surface area contributed by atoms with Crippen molar-refractivity contribution in [2.45, 2.75) is 0 Å². The first-order valence-electron chi connectivity index (χ1n) is 3.74. The number of nitrogen functional groups attached to an aromatic ring is 1. The van der Waals surface area contributed by atoms with Crippen LogP contribution in [-0.2, 0) is 0 Å². The van der Waals surface area contributed by atoms with E-state index in [0.29, 0.717) is 5.75 Å². The summed E-state index contributed by atoms with van der Waals surface area (Å²) in [5.41, 5.74) is 5.74. The van der Waals surface area contributed by atoms with E-state index in [1.807, 2.05) is 0 Å². The van der Waals surface area contributed by atoms with Crippen molar-refractivity contribution in [2.75, 3.05) is 18.9 Å². The van der Waals surface area contributed by atoms with Gasteiger partial charge in [0.1, 0.15) is 17.4 Å². The summed E-state index contributed by atoms with van der Waals surface area (Å²) in [6.07, 6.45) is 0. The maximum absolute atomic E-state index is 8.55. The molecule has 0 bridgehead atoms. The Morgan fingerprint density at radius 2 is 1.93 bits per heavy atom. The Hall–Kier alpha value is -0.350. The Bertz CT molecular complexity index is 344. The molecule has 0 aliphatic carbocycles. The molecule has 78 valence electrons. The van der Waals surface area contributed by atoms with Crippen LogP contribution in [0, 0.1) is 0 Å². The van der Waals surface area contributed by atoms with Gasteiger partial charge >= 0.3 is 0 Å². The summed E-state index contributed by atoms with van der Waals surface area (Å²) in [5.74, 6) is 0.310. The largest absolute Gasteiger partial charge is 0.490 e. The zero-order valence-corrected chi connectivity index (χ0v) is 9.33. The van der Waals surface area contributed by atoms with Gasteiger partial charge < -0.3 is 15.6 Å². The van der Waals surface area contributed by atoms with Gasteiger partial charge in [0.25, 0.3) is 0 Å². The van der Waals surface area contributed by atoms with Crippen LogP contribution in [0.5, 0.6) is 5.75 Å². The highest BCUT2D eigenvalue weighted by molar-refractivity contribution is 6.46. The summed E-state index contributed by atoms with van der Waals surface area (Å²) in [4.78, 5) is 0. The second-order valence-corrected chi connectivity index (χ2v) is 3.63. The highest BCUT2D eigenvalue weighted by atomic mass is 35.5. The standard InChI is InChI=1S/C8H8Cl3NO2/c9-4-3-5(14-2-1-13)6(10)7(11)8(4)12/h3,13H,1-2,12H2. The number of nitrogens with two attached hydrogens (primary N) is 1. The molecular weight excluding hydrogens is 248 g/mol. The number of rotatable bonds is 3. The van der Waals surface area contributed by atoms with Crippen LogP contribution in [0.1, 0.15) is 0 Å². The van der Waals surface area contributed by atoms with Gasteiger partial charge in [-0.25, -0.2) is 0 Å². The topological polar surface area (TPSA) is 55.5 Å². The van der Waals surface area contributed by atoms with Gasteiger partial charge in [0.05, 0.1) is 22.3 Å². The first-order chi connectivity index (χ1) is 6.57. The van der Waals surface area contributed by atoms with Crippen molar-refractivity contribution >= 4 is 40.5 Å². The quantitative estimate of drug-likeness (QED) is 0.645. The van der Waals surface area contributed by atoms with Gasteiger partial charge in [0.2, 0.25) is 0 Å². The molecule has 0 heterocycles. The van der Waals surface area contributed by atoms with Crippen LogP contribution in [0.25, 0.3) is 0 Å². The molecule has 0 saturated carbocycles. The third-order valence-electron chi connectivity index (χ3n) is 1.51. The van der Waals surface area contributed by atoms with E-state index in [0.717, 1.165) is 0 Å². The zero-order chi connectivity index (χ0) is 10.7. The Morgan fingerprint density at radius 3 is 2.50 bits per heavy atom. The Morgan fingerprint density at radius 1 is 1.29 bits per heavy atom. The SMILES string of the molecule is Nc1c(Cl)cc(OCCO)c(Cl)c1Cl. The number of ether oxygens (including phenoxy) is 1. The maximum atomic E-state index is 8.55. The van der Waals surface area contributed by atoms with E-state index >= 15 is 0 Å². The Labute approximate surface area is 96.3 Å². The number of aliphatic hydroxyl groups is 1. The summed E-state index contributed by atoms with van der Waals surface area (Å²) in [6, 6.07) is 1.46. The van der Waals surface area contributed by atoms with Crippen LogP contribution >= 0.6 is 34.8 Å². The minimum atomic E-state index is -0.115. The van der Waals surface area contributed by atoms with Gasteiger partial charge in [0.15, 0.2) is 0 Å². The minimum Gasteiger partial charge on any atom is -0.490 e. The molecule has 14 heavy (non-hydrogen) atoms. The van der Waals surface area contributed by atoms with E-state index in [9.17, 15) is 0 Å². The lowest BCUT2D eigenvalue weighted by atomic mass is 10.3.